The van der Waals surface area contributed by atoms with Crippen molar-refractivity contribution < 1.29 is 4.79 Å². The van der Waals surface area contributed by atoms with Crippen LogP contribution in [0.4, 0.5) is 0 Å². The maximum Gasteiger partial charge on any atom is 0.222 e. The molecule has 3 nitrogen and oxygen atoms in total. The quantitative estimate of drug-likeness (QED) is 0.917. The SMILES string of the molecule is CC(N)CCC(=O)N1CCCC(C)(c2ccccc2)C1. The molecule has 1 amide bonds. The number of nitrogens with two attached hydrogens (primary N) is 1. The molecule has 1 fully saturated rings. The van der Waals surface area contributed by atoms with E-state index in [0.717, 1.165) is 32.4 Å². The van der Waals surface area contributed by atoms with Crippen LogP contribution in [0.1, 0.15) is 45.1 Å². The summed E-state index contributed by atoms with van der Waals surface area (Å²) in [6.07, 6.45) is 3.57. The van der Waals surface area contributed by atoms with Crippen molar-refractivity contribution in [3.8, 4) is 0 Å². The Morgan fingerprint density at radius 1 is 1.40 bits per heavy atom. The molecule has 1 heterocycles. The van der Waals surface area contributed by atoms with Gasteiger partial charge in [0.2, 0.25) is 5.91 Å². The van der Waals surface area contributed by atoms with Crippen LogP contribution in [0.25, 0.3) is 0 Å². The van der Waals surface area contributed by atoms with Gasteiger partial charge < -0.3 is 10.6 Å². The number of piperidine rings is 1. The highest BCUT2D eigenvalue weighted by molar-refractivity contribution is 5.76. The molecule has 0 radical (unpaired) electrons. The molecule has 0 saturated carbocycles. The fourth-order valence-corrected chi connectivity index (χ4v) is 3.04. The van der Waals surface area contributed by atoms with Gasteiger partial charge in [-0.15, -0.1) is 0 Å². The predicted octanol–water partition coefficient (Wildman–Crippen LogP) is 2.69. The van der Waals surface area contributed by atoms with E-state index in [4.69, 9.17) is 5.73 Å². The van der Waals surface area contributed by atoms with Crippen molar-refractivity contribution in [1.29, 1.82) is 0 Å². The maximum absolute atomic E-state index is 12.3. The minimum absolute atomic E-state index is 0.0868. The number of hydrogen-bond acceptors (Lipinski definition) is 2. The van der Waals surface area contributed by atoms with Crippen molar-refractivity contribution >= 4 is 5.91 Å². The summed E-state index contributed by atoms with van der Waals surface area (Å²) in [5.74, 6) is 0.254. The third-order valence-electron chi connectivity index (χ3n) is 4.33. The molecule has 1 aliphatic heterocycles. The van der Waals surface area contributed by atoms with Gasteiger partial charge in [0.25, 0.3) is 0 Å². The molecule has 0 aliphatic carbocycles. The minimum Gasteiger partial charge on any atom is -0.342 e. The molecule has 0 aromatic heterocycles. The number of carbonyl (C=O) groups is 1. The lowest BCUT2D eigenvalue weighted by atomic mass is 9.76. The van der Waals surface area contributed by atoms with Gasteiger partial charge in [-0.3, -0.25) is 4.79 Å². The topological polar surface area (TPSA) is 46.3 Å². The smallest absolute Gasteiger partial charge is 0.222 e. The molecular formula is C17H26N2O. The van der Waals surface area contributed by atoms with Crippen LogP contribution in [-0.2, 0) is 10.2 Å². The monoisotopic (exact) mass is 274 g/mol. The van der Waals surface area contributed by atoms with Crippen molar-refractivity contribution in [3.63, 3.8) is 0 Å². The van der Waals surface area contributed by atoms with Crippen LogP contribution in [-0.4, -0.2) is 29.9 Å². The normalized spacial score (nSPS) is 24.4. The molecule has 2 atom stereocenters. The number of benzene rings is 1. The zero-order chi connectivity index (χ0) is 14.6. The van der Waals surface area contributed by atoms with Crippen LogP contribution in [0.5, 0.6) is 0 Å². The number of amides is 1. The van der Waals surface area contributed by atoms with Gasteiger partial charge in [-0.25, -0.2) is 0 Å². The minimum atomic E-state index is 0.0868. The molecule has 1 aromatic carbocycles. The average molecular weight is 274 g/mol. The van der Waals surface area contributed by atoms with Crippen molar-refractivity contribution in [3.05, 3.63) is 35.9 Å². The third-order valence-corrected chi connectivity index (χ3v) is 4.33. The lowest BCUT2D eigenvalue weighted by molar-refractivity contribution is -0.133. The van der Waals surface area contributed by atoms with Gasteiger partial charge in [0.05, 0.1) is 0 Å². The van der Waals surface area contributed by atoms with Crippen LogP contribution >= 0.6 is 0 Å². The van der Waals surface area contributed by atoms with Gasteiger partial charge in [0.1, 0.15) is 0 Å². The summed E-state index contributed by atoms with van der Waals surface area (Å²) >= 11 is 0. The number of nitrogens with zero attached hydrogens (tertiary/aromatic N) is 1. The Morgan fingerprint density at radius 2 is 2.10 bits per heavy atom. The highest BCUT2D eigenvalue weighted by Crippen LogP contribution is 2.33. The van der Waals surface area contributed by atoms with E-state index in [0.29, 0.717) is 6.42 Å². The Morgan fingerprint density at radius 3 is 2.75 bits per heavy atom. The Labute approximate surface area is 122 Å². The molecule has 1 aliphatic rings. The molecule has 2 N–H and O–H groups in total. The number of hydrogen-bond donors (Lipinski definition) is 1. The second kappa shape index (κ2) is 6.40. The first-order chi connectivity index (χ1) is 9.51. The Balaban J connectivity index is 2.03. The second-order valence-electron chi connectivity index (χ2n) is 6.36. The molecule has 3 heteroatoms. The number of rotatable bonds is 4. The molecule has 2 rings (SSSR count). The maximum atomic E-state index is 12.3. The van der Waals surface area contributed by atoms with Crippen molar-refractivity contribution in [2.45, 2.75) is 51.0 Å². The van der Waals surface area contributed by atoms with E-state index in [-0.39, 0.29) is 17.4 Å². The van der Waals surface area contributed by atoms with Gasteiger partial charge in [0, 0.05) is 31.0 Å². The molecule has 110 valence electrons. The van der Waals surface area contributed by atoms with E-state index in [1.54, 1.807) is 0 Å². The Hall–Kier alpha value is -1.35. The molecule has 20 heavy (non-hydrogen) atoms. The van der Waals surface area contributed by atoms with Crippen molar-refractivity contribution in [2.24, 2.45) is 5.73 Å². The summed E-state index contributed by atoms with van der Waals surface area (Å²) in [7, 11) is 0. The molecule has 1 saturated heterocycles. The Bertz CT molecular complexity index is 444. The van der Waals surface area contributed by atoms with Gasteiger partial charge in [-0.1, -0.05) is 37.3 Å². The van der Waals surface area contributed by atoms with Crippen molar-refractivity contribution in [2.75, 3.05) is 13.1 Å². The highest BCUT2D eigenvalue weighted by Gasteiger charge is 2.34. The first kappa shape index (κ1) is 15.0. The van der Waals surface area contributed by atoms with E-state index >= 15 is 0 Å². The first-order valence-electron chi connectivity index (χ1n) is 7.60. The fourth-order valence-electron chi connectivity index (χ4n) is 3.04. The first-order valence-corrected chi connectivity index (χ1v) is 7.60. The van der Waals surface area contributed by atoms with Crippen LogP contribution in [0.2, 0.25) is 0 Å². The van der Waals surface area contributed by atoms with Crippen LogP contribution < -0.4 is 5.73 Å². The van der Waals surface area contributed by atoms with Gasteiger partial charge in [-0.05, 0) is 31.7 Å². The van der Waals surface area contributed by atoms with E-state index in [2.05, 4.69) is 31.2 Å². The van der Waals surface area contributed by atoms with Crippen molar-refractivity contribution in [1.82, 2.24) is 4.90 Å². The van der Waals surface area contributed by atoms with E-state index < -0.39 is 0 Å². The zero-order valence-corrected chi connectivity index (χ0v) is 12.6. The lowest BCUT2D eigenvalue weighted by Crippen LogP contribution is -2.47. The van der Waals surface area contributed by atoms with E-state index in [9.17, 15) is 4.79 Å². The fraction of sp³-hybridized carbons (Fsp3) is 0.588. The molecule has 1 aromatic rings. The highest BCUT2D eigenvalue weighted by atomic mass is 16.2. The second-order valence-corrected chi connectivity index (χ2v) is 6.36. The van der Waals surface area contributed by atoms with E-state index in [1.807, 2.05) is 17.9 Å². The van der Waals surface area contributed by atoms with Gasteiger partial charge >= 0.3 is 0 Å². The van der Waals surface area contributed by atoms with Crippen LogP contribution in [0.3, 0.4) is 0 Å². The standard InChI is InChI=1S/C17H26N2O/c1-14(18)9-10-16(20)19-12-6-11-17(2,13-19)15-7-4-3-5-8-15/h3-5,7-8,14H,6,9-13,18H2,1-2H3. The number of likely N-dealkylation sites (tertiary alicyclic amines) is 1. The molecule has 0 spiro atoms. The van der Waals surface area contributed by atoms with E-state index in [1.165, 1.54) is 5.56 Å². The predicted molar refractivity (Wildman–Crippen MR) is 82.5 cm³/mol. The molecule has 2 unspecified atom stereocenters. The Kier molecular flexibility index (Phi) is 4.81. The summed E-state index contributed by atoms with van der Waals surface area (Å²) < 4.78 is 0. The zero-order valence-electron chi connectivity index (χ0n) is 12.6. The van der Waals surface area contributed by atoms with Gasteiger partial charge in [0.15, 0.2) is 0 Å². The summed E-state index contributed by atoms with van der Waals surface area (Å²) in [5.41, 5.74) is 7.17. The third kappa shape index (κ3) is 3.60. The summed E-state index contributed by atoms with van der Waals surface area (Å²) in [6.45, 7) is 5.94. The van der Waals surface area contributed by atoms with Crippen LogP contribution in [0, 0.1) is 0 Å². The largest absolute Gasteiger partial charge is 0.342 e. The van der Waals surface area contributed by atoms with Crippen LogP contribution in [0.15, 0.2) is 30.3 Å². The lowest BCUT2D eigenvalue weighted by Gasteiger charge is -2.41. The summed E-state index contributed by atoms with van der Waals surface area (Å²) in [4.78, 5) is 14.3. The number of carbonyl (C=O) groups excluding carboxylic acids is 1. The average Bonchev–Trinajstić information content (AvgIpc) is 2.45. The molecule has 0 bridgehead atoms. The summed E-state index contributed by atoms with van der Waals surface area (Å²) in [5, 5.41) is 0. The van der Waals surface area contributed by atoms with Gasteiger partial charge in [-0.2, -0.15) is 0 Å². The summed E-state index contributed by atoms with van der Waals surface area (Å²) in [6, 6.07) is 10.7. The molecular weight excluding hydrogens is 248 g/mol.